The standard InChI is InChI=1S/C12H15NO3/c1-10(14)16-8-7-12(9-13)5-3-11(15-2)4-6-12/h3-5H,6-8H2,1-2H3. The fourth-order valence-corrected chi connectivity index (χ4v) is 1.51. The molecule has 0 fully saturated rings. The molecule has 16 heavy (non-hydrogen) atoms. The Morgan fingerprint density at radius 2 is 2.44 bits per heavy atom. The van der Waals surface area contributed by atoms with Crippen LogP contribution in [0.25, 0.3) is 0 Å². The molecular weight excluding hydrogens is 206 g/mol. The van der Waals surface area contributed by atoms with Gasteiger partial charge < -0.3 is 9.47 Å². The van der Waals surface area contributed by atoms with Gasteiger partial charge in [0.05, 0.1) is 25.2 Å². The van der Waals surface area contributed by atoms with E-state index in [0.717, 1.165) is 5.76 Å². The Kier molecular flexibility index (Phi) is 4.12. The molecule has 1 aliphatic carbocycles. The normalized spacial score (nSPS) is 23.2. The molecule has 1 rings (SSSR count). The van der Waals surface area contributed by atoms with Crippen molar-refractivity contribution in [3.8, 4) is 6.07 Å². The third-order valence-electron chi connectivity index (χ3n) is 2.55. The number of esters is 1. The van der Waals surface area contributed by atoms with Gasteiger partial charge in [0.25, 0.3) is 0 Å². The SMILES string of the molecule is COC1=CCC(C#N)(CCOC(C)=O)C=C1. The van der Waals surface area contributed by atoms with E-state index in [2.05, 4.69) is 6.07 Å². The molecule has 86 valence electrons. The summed E-state index contributed by atoms with van der Waals surface area (Å²) in [5, 5.41) is 9.15. The fourth-order valence-electron chi connectivity index (χ4n) is 1.51. The van der Waals surface area contributed by atoms with Crippen molar-refractivity contribution in [3.63, 3.8) is 0 Å². The number of hydrogen-bond donors (Lipinski definition) is 0. The van der Waals surface area contributed by atoms with E-state index in [9.17, 15) is 4.79 Å². The number of carbonyl (C=O) groups is 1. The molecule has 0 saturated heterocycles. The Bertz CT molecular complexity index is 365. The summed E-state index contributed by atoms with van der Waals surface area (Å²) in [7, 11) is 1.59. The summed E-state index contributed by atoms with van der Waals surface area (Å²) >= 11 is 0. The summed E-state index contributed by atoms with van der Waals surface area (Å²) in [5.41, 5.74) is -0.572. The molecule has 4 nitrogen and oxygen atoms in total. The maximum atomic E-state index is 10.6. The Morgan fingerprint density at radius 1 is 1.69 bits per heavy atom. The molecule has 0 aromatic heterocycles. The molecule has 0 aliphatic heterocycles. The Balaban J connectivity index is 2.55. The molecule has 0 spiro atoms. The molecule has 4 heteroatoms. The third-order valence-corrected chi connectivity index (χ3v) is 2.55. The van der Waals surface area contributed by atoms with Gasteiger partial charge in [0.1, 0.15) is 5.76 Å². The first-order chi connectivity index (χ1) is 7.62. The van der Waals surface area contributed by atoms with E-state index in [4.69, 9.17) is 14.7 Å². The lowest BCUT2D eigenvalue weighted by atomic mass is 9.80. The van der Waals surface area contributed by atoms with Crippen molar-refractivity contribution in [2.75, 3.05) is 13.7 Å². The summed E-state index contributed by atoms with van der Waals surface area (Å²) in [6, 6.07) is 2.26. The van der Waals surface area contributed by atoms with Crippen LogP contribution in [0.4, 0.5) is 0 Å². The van der Waals surface area contributed by atoms with Gasteiger partial charge in [-0.3, -0.25) is 4.79 Å². The maximum Gasteiger partial charge on any atom is 0.302 e. The van der Waals surface area contributed by atoms with Crippen molar-refractivity contribution in [1.29, 1.82) is 5.26 Å². The molecule has 0 aromatic carbocycles. The molecule has 0 amide bonds. The van der Waals surface area contributed by atoms with E-state index < -0.39 is 5.41 Å². The highest BCUT2D eigenvalue weighted by Crippen LogP contribution is 2.32. The second kappa shape index (κ2) is 5.36. The van der Waals surface area contributed by atoms with Crippen molar-refractivity contribution in [3.05, 3.63) is 24.0 Å². The number of hydrogen-bond acceptors (Lipinski definition) is 4. The number of allylic oxidation sites excluding steroid dienone is 3. The average molecular weight is 221 g/mol. The number of nitriles is 1. The molecule has 0 N–H and O–H groups in total. The van der Waals surface area contributed by atoms with Crippen LogP contribution in [0.5, 0.6) is 0 Å². The first kappa shape index (κ1) is 12.3. The van der Waals surface area contributed by atoms with Gasteiger partial charge in [-0.25, -0.2) is 0 Å². The zero-order valence-electron chi connectivity index (χ0n) is 9.53. The van der Waals surface area contributed by atoms with Crippen LogP contribution < -0.4 is 0 Å². The highest BCUT2D eigenvalue weighted by Gasteiger charge is 2.28. The predicted octanol–water partition coefficient (Wildman–Crippen LogP) is 1.94. The topological polar surface area (TPSA) is 59.3 Å². The summed E-state index contributed by atoms with van der Waals surface area (Å²) in [6.45, 7) is 1.63. The van der Waals surface area contributed by atoms with E-state index in [1.54, 1.807) is 13.2 Å². The van der Waals surface area contributed by atoms with Gasteiger partial charge in [0, 0.05) is 13.3 Å². The summed E-state index contributed by atoms with van der Waals surface area (Å²) in [6.07, 6.45) is 6.56. The summed E-state index contributed by atoms with van der Waals surface area (Å²) < 4.78 is 9.90. The highest BCUT2D eigenvalue weighted by molar-refractivity contribution is 5.65. The number of methoxy groups -OCH3 is 1. The number of rotatable bonds is 4. The number of nitrogens with zero attached hydrogens (tertiary/aromatic N) is 1. The van der Waals surface area contributed by atoms with E-state index in [1.165, 1.54) is 6.92 Å². The Labute approximate surface area is 95.1 Å². The Morgan fingerprint density at radius 3 is 2.88 bits per heavy atom. The quantitative estimate of drug-likeness (QED) is 0.681. The molecular formula is C12H15NO3. The van der Waals surface area contributed by atoms with Crippen molar-refractivity contribution < 1.29 is 14.3 Å². The van der Waals surface area contributed by atoms with E-state index in [-0.39, 0.29) is 12.6 Å². The largest absolute Gasteiger partial charge is 0.497 e. The number of ether oxygens (including phenoxy) is 2. The van der Waals surface area contributed by atoms with Crippen LogP contribution in [0.15, 0.2) is 24.0 Å². The second-order valence-corrected chi connectivity index (χ2v) is 3.71. The van der Waals surface area contributed by atoms with Gasteiger partial charge in [-0.05, 0) is 18.6 Å². The van der Waals surface area contributed by atoms with Crippen LogP contribution in [0.3, 0.4) is 0 Å². The van der Waals surface area contributed by atoms with E-state index in [0.29, 0.717) is 12.8 Å². The van der Waals surface area contributed by atoms with E-state index >= 15 is 0 Å². The van der Waals surface area contributed by atoms with Gasteiger partial charge in [0.15, 0.2) is 0 Å². The van der Waals surface area contributed by atoms with Crippen molar-refractivity contribution in [2.45, 2.75) is 19.8 Å². The van der Waals surface area contributed by atoms with Crippen LogP contribution >= 0.6 is 0 Å². The monoisotopic (exact) mass is 221 g/mol. The highest BCUT2D eigenvalue weighted by atomic mass is 16.5. The van der Waals surface area contributed by atoms with Gasteiger partial charge in [-0.1, -0.05) is 6.08 Å². The molecule has 0 radical (unpaired) electrons. The Hall–Kier alpha value is -1.76. The minimum absolute atomic E-state index is 0.267. The molecule has 1 aliphatic rings. The first-order valence-corrected chi connectivity index (χ1v) is 5.10. The van der Waals surface area contributed by atoms with Crippen molar-refractivity contribution in [2.24, 2.45) is 5.41 Å². The number of carbonyl (C=O) groups excluding carboxylic acids is 1. The third kappa shape index (κ3) is 3.13. The van der Waals surface area contributed by atoms with E-state index in [1.807, 2.05) is 12.2 Å². The molecule has 0 bridgehead atoms. The van der Waals surface area contributed by atoms with Crippen LogP contribution in [0, 0.1) is 16.7 Å². The van der Waals surface area contributed by atoms with Crippen LogP contribution in [0.2, 0.25) is 0 Å². The first-order valence-electron chi connectivity index (χ1n) is 5.10. The summed E-state index contributed by atoms with van der Waals surface area (Å²) in [5.74, 6) is 0.444. The summed E-state index contributed by atoms with van der Waals surface area (Å²) in [4.78, 5) is 10.6. The minimum Gasteiger partial charge on any atom is -0.497 e. The minimum atomic E-state index is -0.572. The molecule has 0 saturated carbocycles. The van der Waals surface area contributed by atoms with Gasteiger partial charge in [0.2, 0.25) is 0 Å². The van der Waals surface area contributed by atoms with Gasteiger partial charge in [-0.15, -0.1) is 0 Å². The lowest BCUT2D eigenvalue weighted by Crippen LogP contribution is -2.20. The van der Waals surface area contributed by atoms with Crippen molar-refractivity contribution >= 4 is 5.97 Å². The van der Waals surface area contributed by atoms with Gasteiger partial charge >= 0.3 is 5.97 Å². The molecule has 0 heterocycles. The molecule has 0 aromatic rings. The van der Waals surface area contributed by atoms with Crippen molar-refractivity contribution in [1.82, 2.24) is 0 Å². The van der Waals surface area contributed by atoms with Crippen LogP contribution in [0.1, 0.15) is 19.8 Å². The van der Waals surface area contributed by atoms with Crippen LogP contribution in [-0.2, 0) is 14.3 Å². The smallest absolute Gasteiger partial charge is 0.302 e. The molecule has 1 atom stereocenters. The lowest BCUT2D eigenvalue weighted by Gasteiger charge is -2.24. The zero-order chi connectivity index (χ0) is 12.0. The predicted molar refractivity (Wildman–Crippen MR) is 58.1 cm³/mol. The second-order valence-electron chi connectivity index (χ2n) is 3.71. The average Bonchev–Trinajstić information content (AvgIpc) is 2.29. The maximum absolute atomic E-state index is 10.6. The van der Waals surface area contributed by atoms with Gasteiger partial charge in [-0.2, -0.15) is 5.26 Å². The lowest BCUT2D eigenvalue weighted by molar-refractivity contribution is -0.141. The zero-order valence-corrected chi connectivity index (χ0v) is 9.53. The van der Waals surface area contributed by atoms with Crippen LogP contribution in [-0.4, -0.2) is 19.7 Å². The molecule has 1 unspecified atom stereocenters. The fraction of sp³-hybridized carbons (Fsp3) is 0.500.